The van der Waals surface area contributed by atoms with E-state index >= 15 is 0 Å². The molecule has 0 atom stereocenters. The molecule has 1 aliphatic carbocycles. The fourth-order valence-electron chi connectivity index (χ4n) is 3.71. The normalized spacial score (nSPS) is 15.4. The topological polar surface area (TPSA) is 66.5 Å². The molecule has 0 unspecified atom stereocenters. The van der Waals surface area contributed by atoms with E-state index in [1.807, 2.05) is 30.3 Å². The predicted octanol–water partition coefficient (Wildman–Crippen LogP) is 3.51. The first-order chi connectivity index (χ1) is 14.0. The molecule has 0 bridgehead atoms. The van der Waals surface area contributed by atoms with Gasteiger partial charge in [-0.05, 0) is 49.1 Å². The second-order valence-electron chi connectivity index (χ2n) is 7.38. The van der Waals surface area contributed by atoms with Crippen LogP contribution in [0.2, 0.25) is 0 Å². The predicted molar refractivity (Wildman–Crippen MR) is 110 cm³/mol. The van der Waals surface area contributed by atoms with Crippen LogP contribution in [-0.2, 0) is 21.2 Å². The maximum atomic E-state index is 13.2. The number of benzene rings is 2. The van der Waals surface area contributed by atoms with Crippen molar-refractivity contribution < 1.29 is 17.6 Å². The van der Waals surface area contributed by atoms with E-state index in [1.165, 1.54) is 16.4 Å². The van der Waals surface area contributed by atoms with Gasteiger partial charge in [-0.1, -0.05) is 49.6 Å². The third kappa shape index (κ3) is 5.87. The first-order valence-corrected chi connectivity index (χ1v) is 11.5. The molecule has 1 saturated carbocycles. The van der Waals surface area contributed by atoms with E-state index < -0.39 is 15.8 Å². The molecule has 7 heteroatoms. The van der Waals surface area contributed by atoms with E-state index in [9.17, 15) is 17.6 Å². The van der Waals surface area contributed by atoms with Crippen molar-refractivity contribution in [1.29, 1.82) is 0 Å². The lowest BCUT2D eigenvalue weighted by atomic mass is 9.95. The Kier molecular flexibility index (Phi) is 7.39. The Bertz CT molecular complexity index is 895. The smallest absolute Gasteiger partial charge is 0.243 e. The molecular formula is C22H27FN2O3S. The number of hydrogen-bond acceptors (Lipinski definition) is 3. The highest BCUT2D eigenvalue weighted by Gasteiger charge is 2.33. The molecule has 2 aromatic rings. The number of sulfonamides is 1. The minimum absolute atomic E-state index is 0.0153. The van der Waals surface area contributed by atoms with Gasteiger partial charge in [-0.15, -0.1) is 0 Å². The molecule has 1 fully saturated rings. The number of carbonyl (C=O) groups excluding carboxylic acids is 1. The van der Waals surface area contributed by atoms with Gasteiger partial charge in [-0.3, -0.25) is 4.79 Å². The summed E-state index contributed by atoms with van der Waals surface area (Å²) in [5.74, 6) is -0.816. The van der Waals surface area contributed by atoms with Gasteiger partial charge in [0.05, 0.1) is 11.4 Å². The van der Waals surface area contributed by atoms with Crippen molar-refractivity contribution in [3.05, 3.63) is 66.0 Å². The number of nitrogens with zero attached hydrogens (tertiary/aromatic N) is 1. The van der Waals surface area contributed by atoms with Crippen LogP contribution in [0.25, 0.3) is 0 Å². The van der Waals surface area contributed by atoms with Gasteiger partial charge in [-0.2, -0.15) is 4.31 Å². The number of amides is 1. The average molecular weight is 419 g/mol. The van der Waals surface area contributed by atoms with Crippen LogP contribution in [0.15, 0.2) is 59.5 Å². The van der Waals surface area contributed by atoms with Crippen LogP contribution < -0.4 is 5.32 Å². The summed E-state index contributed by atoms with van der Waals surface area (Å²) in [4.78, 5) is 12.6. The Hall–Kier alpha value is -2.25. The van der Waals surface area contributed by atoms with Gasteiger partial charge in [0, 0.05) is 12.6 Å². The summed E-state index contributed by atoms with van der Waals surface area (Å²) in [7, 11) is -3.88. The van der Waals surface area contributed by atoms with Crippen LogP contribution in [0.4, 0.5) is 4.39 Å². The summed E-state index contributed by atoms with van der Waals surface area (Å²) in [6.45, 7) is 0.219. The summed E-state index contributed by atoms with van der Waals surface area (Å²) in [5.41, 5.74) is 1.11. The van der Waals surface area contributed by atoms with Crippen molar-refractivity contribution in [2.24, 2.45) is 0 Å². The molecular weight excluding hydrogens is 391 g/mol. The zero-order valence-corrected chi connectivity index (χ0v) is 17.2. The van der Waals surface area contributed by atoms with E-state index in [1.54, 1.807) is 0 Å². The first kappa shape index (κ1) is 21.5. The van der Waals surface area contributed by atoms with Crippen LogP contribution in [0, 0.1) is 5.82 Å². The second kappa shape index (κ2) is 9.98. The third-order valence-corrected chi connectivity index (χ3v) is 7.19. The Balaban J connectivity index is 1.69. The summed E-state index contributed by atoms with van der Waals surface area (Å²) in [5, 5.41) is 2.83. The van der Waals surface area contributed by atoms with Gasteiger partial charge >= 0.3 is 0 Å². The largest absolute Gasteiger partial charge is 0.355 e. The van der Waals surface area contributed by atoms with E-state index in [0.717, 1.165) is 49.8 Å². The molecule has 3 rings (SSSR count). The van der Waals surface area contributed by atoms with Crippen molar-refractivity contribution in [3.8, 4) is 0 Å². The van der Waals surface area contributed by atoms with Crippen molar-refractivity contribution in [2.75, 3.05) is 13.1 Å². The maximum absolute atomic E-state index is 13.2. The first-order valence-electron chi connectivity index (χ1n) is 10.0. The lowest BCUT2D eigenvalue weighted by molar-refractivity contribution is -0.121. The number of rotatable bonds is 8. The molecule has 0 radical (unpaired) electrons. The van der Waals surface area contributed by atoms with Gasteiger partial charge in [0.2, 0.25) is 15.9 Å². The molecule has 0 saturated heterocycles. The second-order valence-corrected chi connectivity index (χ2v) is 9.27. The Morgan fingerprint density at radius 2 is 1.66 bits per heavy atom. The van der Waals surface area contributed by atoms with Gasteiger partial charge in [-0.25, -0.2) is 12.8 Å². The standard InChI is InChI=1S/C22H27FN2O3S/c23-19-11-13-21(14-12-19)29(27,28)25(20-9-5-2-6-10-20)17-22(26)24-16-15-18-7-3-1-4-8-18/h1,3-4,7-8,11-14,20H,2,5-6,9-10,15-17H2,(H,24,26). The Morgan fingerprint density at radius 1 is 1.00 bits per heavy atom. The van der Waals surface area contributed by atoms with Crippen molar-refractivity contribution in [2.45, 2.75) is 49.5 Å². The molecule has 0 aliphatic heterocycles. The molecule has 1 aliphatic rings. The van der Waals surface area contributed by atoms with E-state index in [-0.39, 0.29) is 23.4 Å². The molecule has 0 heterocycles. The van der Waals surface area contributed by atoms with Gasteiger partial charge < -0.3 is 5.32 Å². The highest BCUT2D eigenvalue weighted by Crippen LogP contribution is 2.27. The molecule has 156 valence electrons. The monoisotopic (exact) mass is 418 g/mol. The maximum Gasteiger partial charge on any atom is 0.243 e. The zero-order chi connectivity index (χ0) is 20.7. The van der Waals surface area contributed by atoms with Crippen LogP contribution in [-0.4, -0.2) is 37.8 Å². The third-order valence-electron chi connectivity index (χ3n) is 5.28. The summed E-state index contributed by atoms with van der Waals surface area (Å²) in [6.07, 6.45) is 5.10. The SMILES string of the molecule is O=C(CN(C1CCCCC1)S(=O)(=O)c1ccc(F)cc1)NCCc1ccccc1. The fraction of sp³-hybridized carbons (Fsp3) is 0.409. The summed E-state index contributed by atoms with van der Waals surface area (Å²) in [6, 6.07) is 14.4. The minimum atomic E-state index is -3.88. The van der Waals surface area contributed by atoms with E-state index in [0.29, 0.717) is 13.0 Å². The number of carbonyl (C=O) groups is 1. The van der Waals surface area contributed by atoms with Crippen molar-refractivity contribution in [3.63, 3.8) is 0 Å². The summed E-state index contributed by atoms with van der Waals surface area (Å²) < 4.78 is 40.9. The zero-order valence-electron chi connectivity index (χ0n) is 16.4. The highest BCUT2D eigenvalue weighted by molar-refractivity contribution is 7.89. The number of nitrogens with one attached hydrogen (secondary N) is 1. The van der Waals surface area contributed by atoms with Gasteiger partial charge in [0.25, 0.3) is 0 Å². The average Bonchev–Trinajstić information content (AvgIpc) is 2.73. The molecule has 0 spiro atoms. The molecule has 1 N–H and O–H groups in total. The molecule has 5 nitrogen and oxygen atoms in total. The quantitative estimate of drug-likeness (QED) is 0.713. The fourth-order valence-corrected chi connectivity index (χ4v) is 5.35. The molecule has 1 amide bonds. The molecule has 29 heavy (non-hydrogen) atoms. The Labute approximate surface area is 172 Å². The van der Waals surface area contributed by atoms with Crippen molar-refractivity contribution in [1.82, 2.24) is 9.62 Å². The van der Waals surface area contributed by atoms with Crippen LogP contribution in [0.5, 0.6) is 0 Å². The van der Waals surface area contributed by atoms with Crippen molar-refractivity contribution >= 4 is 15.9 Å². The lowest BCUT2D eigenvalue weighted by Crippen LogP contribution is -2.47. The van der Waals surface area contributed by atoms with Crippen LogP contribution in [0.1, 0.15) is 37.7 Å². The van der Waals surface area contributed by atoms with Crippen LogP contribution >= 0.6 is 0 Å². The lowest BCUT2D eigenvalue weighted by Gasteiger charge is -2.33. The number of hydrogen-bond donors (Lipinski definition) is 1. The minimum Gasteiger partial charge on any atom is -0.355 e. The van der Waals surface area contributed by atoms with Gasteiger partial charge in [0.15, 0.2) is 0 Å². The highest BCUT2D eigenvalue weighted by atomic mass is 32.2. The van der Waals surface area contributed by atoms with Gasteiger partial charge in [0.1, 0.15) is 5.82 Å². The molecule has 0 aromatic heterocycles. The van der Waals surface area contributed by atoms with Crippen LogP contribution in [0.3, 0.4) is 0 Å². The van der Waals surface area contributed by atoms with E-state index in [2.05, 4.69) is 5.32 Å². The Morgan fingerprint density at radius 3 is 2.31 bits per heavy atom. The molecule has 2 aromatic carbocycles. The number of halogens is 1. The van der Waals surface area contributed by atoms with E-state index in [4.69, 9.17) is 0 Å². The summed E-state index contributed by atoms with van der Waals surface area (Å²) >= 11 is 0.